The van der Waals surface area contributed by atoms with Gasteiger partial charge in [0.1, 0.15) is 5.69 Å². The summed E-state index contributed by atoms with van der Waals surface area (Å²) >= 11 is 6.11. The second-order valence-electron chi connectivity index (χ2n) is 5.01. The van der Waals surface area contributed by atoms with Crippen LogP contribution in [0.2, 0.25) is 5.02 Å². The first kappa shape index (κ1) is 16.2. The predicted octanol–water partition coefficient (Wildman–Crippen LogP) is 3.63. The summed E-state index contributed by atoms with van der Waals surface area (Å²) in [5.74, 6) is 0.185. The van der Waals surface area contributed by atoms with E-state index in [0.717, 1.165) is 23.4 Å². The van der Waals surface area contributed by atoms with Crippen LogP contribution < -0.4 is 10.6 Å². The monoisotopic (exact) mass is 318 g/mol. The number of hydrogen-bond donors (Lipinski definition) is 2. The molecule has 0 atom stereocenters. The molecule has 1 aromatic heterocycles. The Kier molecular flexibility index (Phi) is 5.33. The molecule has 1 aromatic carbocycles. The molecule has 0 aliphatic rings. The molecule has 2 aromatic rings. The van der Waals surface area contributed by atoms with Crippen molar-refractivity contribution in [1.29, 1.82) is 0 Å². The van der Waals surface area contributed by atoms with Gasteiger partial charge in [-0.05, 0) is 44.0 Å². The van der Waals surface area contributed by atoms with E-state index in [9.17, 15) is 4.79 Å². The number of anilines is 2. The fraction of sp³-hybridized carbons (Fsp3) is 0.312. The highest BCUT2D eigenvalue weighted by Crippen LogP contribution is 2.25. The summed E-state index contributed by atoms with van der Waals surface area (Å²) in [4.78, 5) is 20.6. The lowest BCUT2D eigenvalue weighted by Gasteiger charge is -2.11. The second kappa shape index (κ2) is 7.22. The number of halogens is 1. The van der Waals surface area contributed by atoms with Gasteiger partial charge in [0, 0.05) is 22.9 Å². The molecule has 116 valence electrons. The molecule has 1 amide bonds. The zero-order valence-electron chi connectivity index (χ0n) is 12.9. The third-order valence-corrected chi connectivity index (χ3v) is 3.55. The first-order valence-electron chi connectivity index (χ1n) is 7.17. The maximum absolute atomic E-state index is 12.0. The van der Waals surface area contributed by atoms with Gasteiger partial charge in [0.25, 0.3) is 5.91 Å². The molecule has 0 aliphatic carbocycles. The molecule has 0 spiro atoms. The molecule has 2 N–H and O–H groups in total. The Morgan fingerprint density at radius 2 is 2.05 bits per heavy atom. The Hall–Kier alpha value is -2.14. The van der Waals surface area contributed by atoms with Gasteiger partial charge in [-0.1, -0.05) is 24.6 Å². The van der Waals surface area contributed by atoms with Crippen LogP contribution in [0.3, 0.4) is 0 Å². The summed E-state index contributed by atoms with van der Waals surface area (Å²) in [6.45, 7) is 6.36. The van der Waals surface area contributed by atoms with E-state index in [-0.39, 0.29) is 5.91 Å². The van der Waals surface area contributed by atoms with Crippen LogP contribution in [0.1, 0.15) is 35.1 Å². The van der Waals surface area contributed by atoms with E-state index in [1.807, 2.05) is 39.0 Å². The molecular weight excluding hydrogens is 300 g/mol. The molecule has 0 saturated heterocycles. The van der Waals surface area contributed by atoms with Crippen molar-refractivity contribution in [1.82, 2.24) is 15.3 Å². The van der Waals surface area contributed by atoms with Crippen molar-refractivity contribution in [3.63, 3.8) is 0 Å². The lowest BCUT2D eigenvalue weighted by atomic mass is 10.2. The summed E-state index contributed by atoms with van der Waals surface area (Å²) < 4.78 is 0. The van der Waals surface area contributed by atoms with E-state index in [1.165, 1.54) is 0 Å². The van der Waals surface area contributed by atoms with Gasteiger partial charge in [0.15, 0.2) is 0 Å². The second-order valence-corrected chi connectivity index (χ2v) is 5.42. The molecule has 0 bridgehead atoms. The number of aromatic nitrogens is 2. The van der Waals surface area contributed by atoms with Crippen molar-refractivity contribution >= 4 is 29.1 Å². The first-order valence-corrected chi connectivity index (χ1v) is 7.55. The Morgan fingerprint density at radius 3 is 2.77 bits per heavy atom. The van der Waals surface area contributed by atoms with Gasteiger partial charge in [0.05, 0.1) is 0 Å². The zero-order valence-corrected chi connectivity index (χ0v) is 13.7. The van der Waals surface area contributed by atoms with E-state index in [2.05, 4.69) is 20.6 Å². The topological polar surface area (TPSA) is 66.9 Å². The van der Waals surface area contributed by atoms with Crippen molar-refractivity contribution < 1.29 is 4.79 Å². The number of carbonyl (C=O) groups excluding carboxylic acids is 1. The number of amides is 1. The number of benzene rings is 1. The lowest BCUT2D eigenvalue weighted by molar-refractivity contribution is 0.0948. The van der Waals surface area contributed by atoms with E-state index < -0.39 is 0 Å². The minimum absolute atomic E-state index is 0.196. The normalized spacial score (nSPS) is 10.4. The van der Waals surface area contributed by atoms with Gasteiger partial charge < -0.3 is 10.6 Å². The van der Waals surface area contributed by atoms with Crippen molar-refractivity contribution in [2.45, 2.75) is 27.2 Å². The Morgan fingerprint density at radius 1 is 1.27 bits per heavy atom. The SMILES string of the molecule is CCCNC(=O)c1cc(C)nc(Nc2cccc(Cl)c2C)n1. The molecule has 0 saturated carbocycles. The van der Waals surface area contributed by atoms with E-state index in [0.29, 0.717) is 23.2 Å². The molecule has 0 aliphatic heterocycles. The van der Waals surface area contributed by atoms with Crippen molar-refractivity contribution in [2.75, 3.05) is 11.9 Å². The first-order chi connectivity index (χ1) is 10.5. The largest absolute Gasteiger partial charge is 0.351 e. The summed E-state index contributed by atoms with van der Waals surface area (Å²) in [5.41, 5.74) is 2.80. The average Bonchev–Trinajstić information content (AvgIpc) is 2.49. The maximum atomic E-state index is 12.0. The number of nitrogens with zero attached hydrogens (tertiary/aromatic N) is 2. The minimum Gasteiger partial charge on any atom is -0.351 e. The van der Waals surface area contributed by atoms with Crippen LogP contribution in [0.15, 0.2) is 24.3 Å². The van der Waals surface area contributed by atoms with Gasteiger partial charge in [-0.25, -0.2) is 9.97 Å². The third kappa shape index (κ3) is 3.95. The van der Waals surface area contributed by atoms with Crippen LogP contribution in [-0.2, 0) is 0 Å². The molecule has 22 heavy (non-hydrogen) atoms. The highest BCUT2D eigenvalue weighted by molar-refractivity contribution is 6.31. The molecule has 6 heteroatoms. The Balaban J connectivity index is 2.26. The molecule has 0 fully saturated rings. The zero-order chi connectivity index (χ0) is 16.1. The maximum Gasteiger partial charge on any atom is 0.270 e. The van der Waals surface area contributed by atoms with Crippen molar-refractivity contribution in [3.8, 4) is 0 Å². The van der Waals surface area contributed by atoms with Crippen LogP contribution in [0.5, 0.6) is 0 Å². The van der Waals surface area contributed by atoms with E-state index in [1.54, 1.807) is 6.07 Å². The Labute approximate surface area is 135 Å². The van der Waals surface area contributed by atoms with Gasteiger partial charge in [-0.2, -0.15) is 0 Å². The summed E-state index contributed by atoms with van der Waals surface area (Å²) in [5, 5.41) is 6.59. The smallest absolute Gasteiger partial charge is 0.270 e. The van der Waals surface area contributed by atoms with Gasteiger partial charge in [-0.3, -0.25) is 4.79 Å². The molecule has 0 unspecified atom stereocenters. The highest BCUT2D eigenvalue weighted by Gasteiger charge is 2.11. The Bertz CT molecular complexity index is 688. The van der Waals surface area contributed by atoms with Gasteiger partial charge in [-0.15, -0.1) is 0 Å². The van der Waals surface area contributed by atoms with E-state index >= 15 is 0 Å². The minimum atomic E-state index is -0.196. The number of rotatable bonds is 5. The lowest BCUT2D eigenvalue weighted by Crippen LogP contribution is -2.25. The highest BCUT2D eigenvalue weighted by atomic mass is 35.5. The average molecular weight is 319 g/mol. The van der Waals surface area contributed by atoms with Crippen LogP contribution in [0, 0.1) is 13.8 Å². The molecule has 0 radical (unpaired) electrons. The molecule has 2 rings (SSSR count). The van der Waals surface area contributed by atoms with Crippen LogP contribution in [0.4, 0.5) is 11.6 Å². The summed E-state index contributed by atoms with van der Waals surface area (Å²) in [6, 6.07) is 7.23. The number of aryl methyl sites for hydroxylation is 1. The predicted molar refractivity (Wildman–Crippen MR) is 88.9 cm³/mol. The van der Waals surface area contributed by atoms with Crippen molar-refractivity contribution in [3.05, 3.63) is 46.2 Å². The summed E-state index contributed by atoms with van der Waals surface area (Å²) in [7, 11) is 0. The van der Waals surface area contributed by atoms with Gasteiger partial charge >= 0.3 is 0 Å². The molecule has 1 heterocycles. The number of carbonyl (C=O) groups is 1. The summed E-state index contributed by atoms with van der Waals surface area (Å²) in [6.07, 6.45) is 0.878. The van der Waals surface area contributed by atoms with Crippen LogP contribution in [-0.4, -0.2) is 22.4 Å². The number of nitrogens with one attached hydrogen (secondary N) is 2. The number of hydrogen-bond acceptors (Lipinski definition) is 4. The van der Waals surface area contributed by atoms with Crippen LogP contribution >= 0.6 is 11.6 Å². The van der Waals surface area contributed by atoms with Crippen LogP contribution in [0.25, 0.3) is 0 Å². The van der Waals surface area contributed by atoms with Crippen molar-refractivity contribution in [2.24, 2.45) is 0 Å². The fourth-order valence-corrected chi connectivity index (χ4v) is 2.11. The van der Waals surface area contributed by atoms with Gasteiger partial charge in [0.2, 0.25) is 5.95 Å². The molecule has 5 nitrogen and oxygen atoms in total. The quantitative estimate of drug-likeness (QED) is 0.883. The fourth-order valence-electron chi connectivity index (χ4n) is 1.93. The van der Waals surface area contributed by atoms with E-state index in [4.69, 9.17) is 11.6 Å². The third-order valence-electron chi connectivity index (χ3n) is 3.14. The standard InChI is InChI=1S/C16H19ClN4O/c1-4-8-18-15(22)14-9-10(2)19-16(21-14)20-13-7-5-6-12(17)11(13)3/h5-7,9H,4,8H2,1-3H3,(H,18,22)(H,19,20,21). The molecular formula is C16H19ClN4O.